The number of nitrogens with zero attached hydrogens (tertiary/aromatic N) is 3. The predicted octanol–water partition coefficient (Wildman–Crippen LogP) is 15.6. The van der Waals surface area contributed by atoms with Crippen LogP contribution in [0.1, 0.15) is 150 Å². The van der Waals surface area contributed by atoms with Gasteiger partial charge in [0.15, 0.2) is 0 Å². The smallest absolute Gasteiger partial charge is 0.410 e. The van der Waals surface area contributed by atoms with E-state index in [1.165, 1.54) is 56.2 Å². The zero-order chi connectivity index (χ0) is 55.6. The molecule has 0 unspecified atom stereocenters. The van der Waals surface area contributed by atoms with E-state index in [0.29, 0.717) is 41.4 Å². The van der Waals surface area contributed by atoms with Crippen LogP contribution in [0, 0.1) is 41.7 Å². The van der Waals surface area contributed by atoms with Gasteiger partial charge in [-0.1, -0.05) is 143 Å². The van der Waals surface area contributed by atoms with Gasteiger partial charge in [0.25, 0.3) is 5.69 Å². The van der Waals surface area contributed by atoms with Crippen LogP contribution in [0.15, 0.2) is 133 Å². The number of carbonyl (C=O) groups is 1. The van der Waals surface area contributed by atoms with Gasteiger partial charge in [0.2, 0.25) is 5.79 Å². The van der Waals surface area contributed by atoms with Crippen molar-refractivity contribution in [2.75, 3.05) is 26.4 Å². The number of aliphatic hydroxyl groups is 2. The first-order valence-corrected chi connectivity index (χ1v) is 29.2. The van der Waals surface area contributed by atoms with Gasteiger partial charge in [-0.2, -0.15) is 0 Å². The largest absolute Gasteiger partial charge is 0.459 e. The minimum atomic E-state index is -1.53. The van der Waals surface area contributed by atoms with Crippen molar-refractivity contribution in [2.24, 2.45) is 22.9 Å². The highest BCUT2D eigenvalue weighted by Crippen LogP contribution is 2.62. The number of carbonyl (C=O) groups excluding carboxylic acids is 1. The quantitative estimate of drug-likeness (QED) is 0.0189. The van der Waals surface area contributed by atoms with Gasteiger partial charge in [-0.15, -0.1) is 6.58 Å². The van der Waals surface area contributed by atoms with Gasteiger partial charge in [-0.05, 0) is 139 Å². The summed E-state index contributed by atoms with van der Waals surface area (Å²) in [5, 5.41) is 39.0. The van der Waals surface area contributed by atoms with Gasteiger partial charge < -0.3 is 34.0 Å². The van der Waals surface area contributed by atoms with Gasteiger partial charge in [-0.25, -0.2) is 4.79 Å². The average molecular weight is 1080 g/mol. The highest BCUT2D eigenvalue weighted by molar-refractivity contribution is 6.03. The normalized spacial score (nSPS) is 20.6. The van der Waals surface area contributed by atoms with Gasteiger partial charge in [0.05, 0.1) is 36.3 Å². The molecule has 3 aliphatic rings. The van der Waals surface area contributed by atoms with Crippen molar-refractivity contribution in [3.05, 3.63) is 165 Å². The second-order valence-corrected chi connectivity index (χ2v) is 21.9. The van der Waals surface area contributed by atoms with Crippen LogP contribution in [0.4, 0.5) is 10.5 Å². The Hall–Kier alpha value is -6.54. The lowest BCUT2D eigenvalue weighted by molar-refractivity contribution is -0.384. The Balaban J connectivity index is 1.27. The third-order valence-electron chi connectivity index (χ3n) is 16.5. The zero-order valence-electron chi connectivity index (χ0n) is 46.8. The van der Waals surface area contributed by atoms with Crippen molar-refractivity contribution >= 4 is 28.3 Å². The zero-order valence-corrected chi connectivity index (χ0v) is 46.8. The third-order valence-corrected chi connectivity index (χ3v) is 16.5. The molecule has 1 aliphatic heterocycles. The molecule has 1 heterocycles. The summed E-state index contributed by atoms with van der Waals surface area (Å²) in [5.74, 6) is -0.431. The van der Waals surface area contributed by atoms with Gasteiger partial charge >= 0.3 is 6.09 Å². The number of unbranched alkanes of at least 4 members (excludes halogenated alkanes) is 11. The molecule has 2 N–H and O–H groups in total. The van der Waals surface area contributed by atoms with Crippen molar-refractivity contribution in [1.29, 1.82) is 0 Å². The molecule has 1 amide bonds. The highest BCUT2D eigenvalue weighted by Gasteiger charge is 2.66. The van der Waals surface area contributed by atoms with E-state index in [2.05, 4.69) is 69.8 Å². The Labute approximate surface area is 467 Å². The molecule has 6 atom stereocenters. The molecule has 0 spiro atoms. The van der Waals surface area contributed by atoms with E-state index in [9.17, 15) is 20.3 Å². The number of benzene rings is 5. The molecular formula is C66H83N3O10. The van der Waals surface area contributed by atoms with Crippen LogP contribution in [0.5, 0.6) is 17.2 Å². The minimum Gasteiger partial charge on any atom is -0.459 e. The van der Waals surface area contributed by atoms with E-state index in [-0.39, 0.29) is 69.4 Å². The Kier molecular flexibility index (Phi) is 21.6. The van der Waals surface area contributed by atoms with E-state index in [1.807, 2.05) is 42.5 Å². The first-order valence-electron chi connectivity index (χ1n) is 29.2. The third kappa shape index (κ3) is 14.6. The molecule has 0 saturated heterocycles. The van der Waals surface area contributed by atoms with E-state index < -0.39 is 28.8 Å². The molecule has 0 aromatic heterocycles. The molecular weight excluding hydrogens is 995 g/mol. The lowest BCUT2D eigenvalue weighted by atomic mass is 9.55. The summed E-state index contributed by atoms with van der Waals surface area (Å²) in [6.07, 6.45) is 19.6. The maximum atomic E-state index is 15.5. The second-order valence-electron chi connectivity index (χ2n) is 21.9. The fraction of sp³-hybridized carbons (Fsp3) is 0.485. The average Bonchev–Trinajstić information content (AvgIpc) is 3.10. The number of fused-ring (bicyclic) bond motifs is 3. The maximum Gasteiger partial charge on any atom is 0.410 e. The SMILES string of the molecule is C=CCO[C@@]12Oc3ccc(Oc4ccc(C)c(C)c4)cc3[C@H]3[C@H](CCCCO)[C@@H](CCCCO)C=C(C(=NOCc4ccc([N+](=O)[O-])cc4)C[C@@H]1N(Cc1cccc4ccccc14)C(=O)OCCCCCCCCCCCC)[C@H]32. The van der Waals surface area contributed by atoms with Gasteiger partial charge in [-0.3, -0.25) is 15.0 Å². The number of aryl methyl sites for hydroxylation is 2. The number of non-ortho nitro benzene ring substituents is 1. The van der Waals surface area contributed by atoms with Crippen LogP contribution in [-0.4, -0.2) is 70.1 Å². The topological polar surface area (TPSA) is 162 Å². The molecule has 1 fully saturated rings. The Morgan fingerprint density at radius 2 is 1.52 bits per heavy atom. The summed E-state index contributed by atoms with van der Waals surface area (Å²) < 4.78 is 28.0. The van der Waals surface area contributed by atoms with Crippen LogP contribution in [-0.2, 0) is 27.5 Å². The van der Waals surface area contributed by atoms with Crippen molar-refractivity contribution in [1.82, 2.24) is 4.90 Å². The van der Waals surface area contributed by atoms with Crippen molar-refractivity contribution in [3.8, 4) is 17.2 Å². The molecule has 2 aliphatic carbocycles. The number of allylic oxidation sites excluding steroid dienone is 1. The van der Waals surface area contributed by atoms with Crippen molar-refractivity contribution in [2.45, 2.75) is 161 Å². The Morgan fingerprint density at radius 3 is 2.24 bits per heavy atom. The monoisotopic (exact) mass is 1080 g/mol. The number of oxime groups is 1. The summed E-state index contributed by atoms with van der Waals surface area (Å²) in [4.78, 5) is 34.8. The van der Waals surface area contributed by atoms with E-state index in [1.54, 1.807) is 23.1 Å². The lowest BCUT2D eigenvalue weighted by Crippen LogP contribution is -2.70. The number of hydrogen-bond donors (Lipinski definition) is 2. The Bertz CT molecular complexity index is 2860. The number of ether oxygens (including phenoxy) is 4. The molecule has 0 radical (unpaired) electrons. The number of aliphatic hydroxyl groups excluding tert-OH is 2. The number of rotatable bonds is 31. The minimum absolute atomic E-state index is 0.00287. The van der Waals surface area contributed by atoms with E-state index in [4.69, 9.17) is 28.9 Å². The fourth-order valence-corrected chi connectivity index (χ4v) is 12.3. The van der Waals surface area contributed by atoms with E-state index in [0.717, 1.165) is 84.4 Å². The van der Waals surface area contributed by atoms with Crippen LogP contribution in [0.25, 0.3) is 10.8 Å². The van der Waals surface area contributed by atoms with Gasteiger partial charge in [0.1, 0.15) is 29.9 Å². The summed E-state index contributed by atoms with van der Waals surface area (Å²) in [6, 6.07) is 31.8. The standard InChI is InChI=1S/C66H83N3O10/c1-5-7-8-9-10-11-12-13-14-21-40-75-65(72)68(45-52-26-22-25-50-23-15-16-27-56(50)52)62-44-60(67-77-46-49-30-32-53(33-31-49)69(73)74)58-42-51(24-17-19-37-70)57(28-18-20-38-71)63-59-43-55(78-54-34-29-47(3)48(4)41-54)35-36-61(59)79-66(62,64(58)63)76-39-6-2/h6,15-16,22-23,25-27,29-36,41-43,51,57,62-64,70-71H,2,5,7-14,17-21,24,28,37-40,44-46H2,1,3-4H3/t51-,57+,62-,63+,64+,66+/m0/s1. The number of amides is 1. The van der Waals surface area contributed by atoms with Crippen LogP contribution in [0.3, 0.4) is 0 Å². The molecule has 5 aromatic carbocycles. The second kappa shape index (κ2) is 29.1. The molecule has 1 saturated carbocycles. The maximum absolute atomic E-state index is 15.5. The number of nitro groups is 1. The van der Waals surface area contributed by atoms with Crippen LogP contribution >= 0.6 is 0 Å². The first kappa shape index (κ1) is 58.6. The molecule has 13 heteroatoms. The predicted molar refractivity (Wildman–Crippen MR) is 312 cm³/mol. The van der Waals surface area contributed by atoms with Crippen LogP contribution in [0.2, 0.25) is 0 Å². The molecule has 8 rings (SSSR count). The van der Waals surface area contributed by atoms with Crippen molar-refractivity contribution < 1.29 is 43.7 Å². The summed E-state index contributed by atoms with van der Waals surface area (Å²) >= 11 is 0. The summed E-state index contributed by atoms with van der Waals surface area (Å²) in [5.41, 5.74) is 6.34. The molecule has 13 nitrogen and oxygen atoms in total. The van der Waals surface area contributed by atoms with Gasteiger partial charge in [0, 0.05) is 43.2 Å². The Morgan fingerprint density at radius 1 is 0.823 bits per heavy atom. The summed E-state index contributed by atoms with van der Waals surface area (Å²) in [6.45, 7) is 11.2. The molecule has 79 heavy (non-hydrogen) atoms. The van der Waals surface area contributed by atoms with Crippen molar-refractivity contribution in [3.63, 3.8) is 0 Å². The number of nitro benzene ring substituents is 1. The molecule has 422 valence electrons. The highest BCUT2D eigenvalue weighted by atomic mass is 16.7. The van der Waals surface area contributed by atoms with Crippen LogP contribution < -0.4 is 9.47 Å². The lowest BCUT2D eigenvalue weighted by Gasteiger charge is -2.60. The first-order chi connectivity index (χ1) is 38.6. The summed E-state index contributed by atoms with van der Waals surface area (Å²) in [7, 11) is 0. The molecule has 5 aromatic rings. The fourth-order valence-electron chi connectivity index (χ4n) is 12.3. The number of hydrogen-bond acceptors (Lipinski definition) is 11. The molecule has 0 bridgehead atoms. The van der Waals surface area contributed by atoms with E-state index >= 15 is 4.79 Å².